The van der Waals surface area contributed by atoms with Gasteiger partial charge in [0, 0.05) is 23.4 Å². The molecule has 0 fully saturated rings. The number of halogens is 3. The summed E-state index contributed by atoms with van der Waals surface area (Å²) in [5, 5.41) is 0.661. The number of nitrogens with zero attached hydrogens (tertiary/aromatic N) is 1. The van der Waals surface area contributed by atoms with Crippen LogP contribution in [0.1, 0.15) is 24.8 Å². The minimum Gasteiger partial charge on any atom is -0.254 e. The first-order valence-corrected chi connectivity index (χ1v) is 9.40. The van der Waals surface area contributed by atoms with E-state index >= 15 is 0 Å². The van der Waals surface area contributed by atoms with Gasteiger partial charge >= 0.3 is 6.18 Å². The van der Waals surface area contributed by atoms with Crippen LogP contribution < -0.4 is 0 Å². The Bertz CT molecular complexity index is 917. The minimum absolute atomic E-state index is 0.0311. The van der Waals surface area contributed by atoms with Gasteiger partial charge in [-0.25, -0.2) is 8.42 Å². The second-order valence-electron chi connectivity index (χ2n) is 6.06. The molecule has 0 bridgehead atoms. The number of fused-ring (bicyclic) bond motifs is 1. The number of alkyl halides is 3. The fraction of sp³-hybridized carbons (Fsp3) is 0.353. The minimum atomic E-state index is -4.16. The van der Waals surface area contributed by atoms with E-state index in [-0.39, 0.29) is 17.7 Å². The summed E-state index contributed by atoms with van der Waals surface area (Å²) in [5.74, 6) is -1.29. The van der Waals surface area contributed by atoms with Gasteiger partial charge in [-0.1, -0.05) is 24.3 Å². The second-order valence-corrected chi connectivity index (χ2v) is 8.08. The van der Waals surface area contributed by atoms with Crippen LogP contribution in [0, 0.1) is 5.92 Å². The van der Waals surface area contributed by atoms with E-state index < -0.39 is 21.9 Å². The van der Waals surface area contributed by atoms with Crippen LogP contribution in [0.4, 0.5) is 13.2 Å². The largest absolute Gasteiger partial charge is 0.392 e. The van der Waals surface area contributed by atoms with Crippen LogP contribution in [-0.2, 0) is 9.84 Å². The van der Waals surface area contributed by atoms with Crippen LogP contribution in [0.25, 0.3) is 16.5 Å². The molecule has 3 rings (SSSR count). The number of aromatic nitrogens is 1. The first-order chi connectivity index (χ1) is 11.2. The number of allylic oxidation sites excluding steroid dienone is 2. The van der Waals surface area contributed by atoms with E-state index in [1.54, 1.807) is 24.3 Å². The van der Waals surface area contributed by atoms with E-state index in [4.69, 9.17) is 0 Å². The number of benzene rings is 1. The van der Waals surface area contributed by atoms with Crippen molar-refractivity contribution in [3.05, 3.63) is 42.1 Å². The normalized spacial score (nSPS) is 19.3. The van der Waals surface area contributed by atoms with Crippen molar-refractivity contribution >= 4 is 26.3 Å². The standard InChI is InChI=1S/C17H16F3NO2S/c1-24(22,23)14-9-12-3-2-4-15(16(12)21-10-14)11-5-7-13(8-6-11)17(18,19)20/h2-5,9-10,13H,6-8H2,1H3/t13-/m1/s1. The predicted octanol–water partition coefficient (Wildman–Crippen LogP) is 4.38. The summed E-state index contributed by atoms with van der Waals surface area (Å²) in [7, 11) is -3.36. The third-order valence-corrected chi connectivity index (χ3v) is 5.41. The Balaban J connectivity index is 2.01. The highest BCUT2D eigenvalue weighted by molar-refractivity contribution is 7.90. The number of pyridine rings is 1. The molecule has 0 spiro atoms. The fourth-order valence-electron chi connectivity index (χ4n) is 2.98. The molecule has 0 saturated heterocycles. The van der Waals surface area contributed by atoms with Crippen molar-refractivity contribution in [2.75, 3.05) is 6.26 Å². The van der Waals surface area contributed by atoms with Gasteiger partial charge in [0.15, 0.2) is 9.84 Å². The zero-order chi connectivity index (χ0) is 17.5. The van der Waals surface area contributed by atoms with Crippen molar-refractivity contribution in [2.45, 2.75) is 30.3 Å². The summed E-state index contributed by atoms with van der Waals surface area (Å²) in [6.45, 7) is 0. The molecule has 1 aliphatic rings. The van der Waals surface area contributed by atoms with E-state index in [1.807, 2.05) is 6.07 Å². The van der Waals surface area contributed by atoms with Crippen LogP contribution in [0.3, 0.4) is 0 Å². The van der Waals surface area contributed by atoms with Crippen LogP contribution in [0.15, 0.2) is 41.4 Å². The summed E-state index contributed by atoms with van der Waals surface area (Å²) in [5.41, 5.74) is 2.22. The zero-order valence-electron chi connectivity index (χ0n) is 13.0. The molecule has 0 radical (unpaired) electrons. The molecular weight excluding hydrogens is 339 g/mol. The molecule has 2 aromatic rings. The molecule has 24 heavy (non-hydrogen) atoms. The topological polar surface area (TPSA) is 47.0 Å². The van der Waals surface area contributed by atoms with Gasteiger partial charge in [-0.05, 0) is 30.9 Å². The lowest BCUT2D eigenvalue weighted by molar-refractivity contribution is -0.175. The van der Waals surface area contributed by atoms with Gasteiger partial charge in [0.05, 0.1) is 16.3 Å². The SMILES string of the molecule is CS(=O)(=O)c1cnc2c(C3=CC[C@@H](C(F)(F)F)CC3)cccc2c1. The van der Waals surface area contributed by atoms with Crippen LogP contribution in [0.2, 0.25) is 0 Å². The fourth-order valence-corrected chi connectivity index (χ4v) is 3.56. The Morgan fingerprint density at radius 3 is 2.58 bits per heavy atom. The van der Waals surface area contributed by atoms with Gasteiger partial charge < -0.3 is 0 Å². The highest BCUT2D eigenvalue weighted by atomic mass is 32.2. The molecule has 1 heterocycles. The summed E-state index contributed by atoms with van der Waals surface area (Å²) in [6, 6.07) is 6.88. The zero-order valence-corrected chi connectivity index (χ0v) is 13.8. The van der Waals surface area contributed by atoms with Gasteiger partial charge in [0.1, 0.15) is 0 Å². The molecule has 0 unspecified atom stereocenters. The highest BCUT2D eigenvalue weighted by Gasteiger charge is 2.39. The number of sulfone groups is 1. The van der Waals surface area contributed by atoms with Crippen LogP contribution in [-0.4, -0.2) is 25.8 Å². The number of rotatable bonds is 2. The monoisotopic (exact) mass is 355 g/mol. The van der Waals surface area contributed by atoms with Crippen molar-refractivity contribution in [1.29, 1.82) is 0 Å². The Morgan fingerprint density at radius 2 is 2.00 bits per heavy atom. The van der Waals surface area contributed by atoms with Crippen LogP contribution in [0.5, 0.6) is 0 Å². The third kappa shape index (κ3) is 3.31. The Morgan fingerprint density at radius 1 is 1.25 bits per heavy atom. The molecule has 3 nitrogen and oxygen atoms in total. The molecule has 0 aliphatic heterocycles. The maximum absolute atomic E-state index is 12.8. The number of para-hydroxylation sites is 1. The van der Waals surface area contributed by atoms with E-state index in [2.05, 4.69) is 4.98 Å². The number of hydrogen-bond donors (Lipinski definition) is 0. The molecule has 7 heteroatoms. The van der Waals surface area contributed by atoms with Crippen molar-refractivity contribution in [2.24, 2.45) is 5.92 Å². The van der Waals surface area contributed by atoms with Crippen molar-refractivity contribution < 1.29 is 21.6 Å². The average Bonchev–Trinajstić information content (AvgIpc) is 2.52. The lowest BCUT2D eigenvalue weighted by atomic mass is 9.85. The molecule has 1 atom stereocenters. The van der Waals surface area contributed by atoms with E-state index in [0.717, 1.165) is 17.4 Å². The van der Waals surface area contributed by atoms with Gasteiger partial charge in [-0.15, -0.1) is 0 Å². The van der Waals surface area contributed by atoms with E-state index in [9.17, 15) is 21.6 Å². The third-order valence-electron chi connectivity index (χ3n) is 4.33. The van der Waals surface area contributed by atoms with Crippen molar-refractivity contribution in [3.63, 3.8) is 0 Å². The lowest BCUT2D eigenvalue weighted by Crippen LogP contribution is -2.24. The van der Waals surface area contributed by atoms with Gasteiger partial charge in [-0.3, -0.25) is 4.98 Å². The summed E-state index contributed by atoms with van der Waals surface area (Å²) >= 11 is 0. The van der Waals surface area contributed by atoms with E-state index in [0.29, 0.717) is 17.3 Å². The van der Waals surface area contributed by atoms with Crippen LogP contribution >= 0.6 is 0 Å². The summed E-state index contributed by atoms with van der Waals surface area (Å²) in [4.78, 5) is 4.38. The Labute approximate surface area is 138 Å². The quantitative estimate of drug-likeness (QED) is 0.803. The summed E-state index contributed by atoms with van der Waals surface area (Å²) in [6.07, 6.45) is 0.234. The summed E-state index contributed by atoms with van der Waals surface area (Å²) < 4.78 is 61.6. The van der Waals surface area contributed by atoms with Crippen molar-refractivity contribution in [1.82, 2.24) is 4.98 Å². The molecule has 0 saturated carbocycles. The molecule has 1 aliphatic carbocycles. The molecule has 128 valence electrons. The Kier molecular flexibility index (Phi) is 4.15. The smallest absolute Gasteiger partial charge is 0.254 e. The first kappa shape index (κ1) is 17.0. The highest BCUT2D eigenvalue weighted by Crippen LogP contribution is 2.40. The lowest BCUT2D eigenvalue weighted by Gasteiger charge is -2.24. The molecular formula is C17H16F3NO2S. The van der Waals surface area contributed by atoms with Crippen molar-refractivity contribution in [3.8, 4) is 0 Å². The molecule has 0 amide bonds. The first-order valence-electron chi connectivity index (χ1n) is 7.51. The maximum atomic E-state index is 12.8. The average molecular weight is 355 g/mol. The Hall–Kier alpha value is -1.89. The van der Waals surface area contributed by atoms with Gasteiger partial charge in [0.25, 0.3) is 0 Å². The van der Waals surface area contributed by atoms with E-state index in [1.165, 1.54) is 6.20 Å². The molecule has 1 aromatic carbocycles. The second kappa shape index (κ2) is 5.88. The predicted molar refractivity (Wildman–Crippen MR) is 86.2 cm³/mol. The van der Waals surface area contributed by atoms with Gasteiger partial charge in [-0.2, -0.15) is 13.2 Å². The number of hydrogen-bond acceptors (Lipinski definition) is 3. The molecule has 1 aromatic heterocycles. The van der Waals surface area contributed by atoms with Gasteiger partial charge in [0.2, 0.25) is 0 Å². The maximum Gasteiger partial charge on any atom is 0.392 e. The molecule has 0 N–H and O–H groups in total.